The maximum Gasteiger partial charge on any atom is 0.0312 e. The van der Waals surface area contributed by atoms with Crippen LogP contribution in [-0.4, -0.2) is 0 Å². The molecule has 2 aliphatic rings. The van der Waals surface area contributed by atoms with E-state index in [4.69, 9.17) is 0 Å². The standard InChI is InChI=1S/C84H120S4/c1-9-17-25-33-49-69-71(51-35-27-19-11-3)79(85-77(69)59-57-67-45-41-42-46-67)61-63-81-73(53-37-29-21-13-5)75(55-39-31-23-15-7)83(87-81)65-66-84-76(56-40-32-24-16-8)74(54-38-30-22-14-6)82(88-84)64-62-80-72(52-36-28-20-12-4)70(50-34-26-18-10-2)78(86-80)60-58-68-47-43-44-48-68/h41-45,47,57-66H,9-40,49-56H2,1-8H3/b59-57+,60-58+,63-61+,64-62+,66-65+. The van der Waals surface area contributed by atoms with Crippen molar-refractivity contribution in [2.75, 3.05) is 0 Å². The van der Waals surface area contributed by atoms with Crippen LogP contribution in [0.15, 0.2) is 71.2 Å². The Bertz CT molecular complexity index is 2780. The summed E-state index contributed by atoms with van der Waals surface area (Å²) in [5, 5.41) is 0. The van der Waals surface area contributed by atoms with Crippen molar-refractivity contribution >= 4 is 94.0 Å². The van der Waals surface area contributed by atoms with E-state index in [-0.39, 0.29) is 0 Å². The van der Waals surface area contributed by atoms with Gasteiger partial charge in [0.25, 0.3) is 0 Å². The lowest BCUT2D eigenvalue weighted by Crippen LogP contribution is -1.96. The Morgan fingerprint density at radius 3 is 0.545 bits per heavy atom. The normalized spacial score (nSPS) is 13.3. The van der Waals surface area contributed by atoms with Gasteiger partial charge in [0.15, 0.2) is 0 Å². The van der Waals surface area contributed by atoms with Crippen molar-refractivity contribution in [2.24, 2.45) is 0 Å². The van der Waals surface area contributed by atoms with Crippen LogP contribution < -0.4 is 0 Å². The van der Waals surface area contributed by atoms with E-state index in [0.29, 0.717) is 0 Å². The quantitative estimate of drug-likeness (QED) is 0.0305. The molecule has 4 heteroatoms. The Morgan fingerprint density at radius 2 is 0.398 bits per heavy atom. The molecule has 0 nitrogen and oxygen atoms in total. The van der Waals surface area contributed by atoms with Gasteiger partial charge in [0, 0.05) is 50.2 Å². The van der Waals surface area contributed by atoms with Crippen molar-refractivity contribution in [1.82, 2.24) is 0 Å². The van der Waals surface area contributed by atoms with E-state index in [0.717, 1.165) is 0 Å². The third-order valence-electron chi connectivity index (χ3n) is 18.2. The Balaban J connectivity index is 1.50. The Labute approximate surface area is 556 Å². The van der Waals surface area contributed by atoms with Crippen molar-refractivity contribution in [3.05, 3.63) is 155 Å². The molecule has 0 fully saturated rings. The van der Waals surface area contributed by atoms with Crippen LogP contribution in [-0.2, 0) is 51.4 Å². The lowest BCUT2D eigenvalue weighted by atomic mass is 9.95. The molecule has 88 heavy (non-hydrogen) atoms. The van der Waals surface area contributed by atoms with Crippen molar-refractivity contribution in [3.8, 4) is 0 Å². The summed E-state index contributed by atoms with van der Waals surface area (Å²) >= 11 is 8.34. The molecule has 0 aliphatic heterocycles. The van der Waals surface area contributed by atoms with E-state index in [1.165, 1.54) is 307 Å². The molecule has 0 N–H and O–H groups in total. The molecule has 480 valence electrons. The van der Waals surface area contributed by atoms with E-state index in [9.17, 15) is 0 Å². The van der Waals surface area contributed by atoms with Crippen LogP contribution in [0.2, 0.25) is 0 Å². The van der Waals surface area contributed by atoms with E-state index >= 15 is 0 Å². The smallest absolute Gasteiger partial charge is 0.0312 e. The number of hydrogen-bond donors (Lipinski definition) is 0. The summed E-state index contributed by atoms with van der Waals surface area (Å²) in [5.41, 5.74) is 22.4. The SMILES string of the molecule is CCCCCCc1c(/C=C/C2=C=CC=C2)sc(/C=C/c2sc(/C=C/c3sc(/C=C/c4sc(/C=C/C5=C=CC=C5)c(CCCCCC)c4CCCCCC)c(CCCCCC)c3CCCCCC)c(CCCCCC)c2CCCCCC)c1CCCCCC. The highest BCUT2D eigenvalue weighted by Crippen LogP contribution is 2.42. The summed E-state index contributed by atoms with van der Waals surface area (Å²) in [6.45, 7) is 18.8. The van der Waals surface area contributed by atoms with Gasteiger partial charge in [-0.2, -0.15) is 0 Å². The Kier molecular flexibility index (Phi) is 37.0. The van der Waals surface area contributed by atoms with Gasteiger partial charge in [-0.15, -0.1) is 56.8 Å². The number of allylic oxidation sites excluding steroid dienone is 8. The summed E-state index contributed by atoms with van der Waals surface area (Å²) in [7, 11) is 0. The molecule has 0 bridgehead atoms. The second kappa shape index (κ2) is 44.5. The lowest BCUT2D eigenvalue weighted by molar-refractivity contribution is 0.651. The van der Waals surface area contributed by atoms with Gasteiger partial charge in [-0.05, 0) is 232 Å². The molecule has 0 unspecified atom stereocenters. The van der Waals surface area contributed by atoms with Gasteiger partial charge in [0.2, 0.25) is 0 Å². The monoisotopic (exact) mass is 1260 g/mol. The molecule has 4 heterocycles. The summed E-state index contributed by atoms with van der Waals surface area (Å²) in [6, 6.07) is 0. The molecule has 0 aromatic carbocycles. The fraction of sp³-hybridized carbons (Fsp3) is 0.571. The molecule has 0 amide bonds. The lowest BCUT2D eigenvalue weighted by Gasteiger charge is -2.09. The zero-order chi connectivity index (χ0) is 62.2. The predicted molar refractivity (Wildman–Crippen MR) is 406 cm³/mol. The molecule has 0 saturated heterocycles. The van der Waals surface area contributed by atoms with Gasteiger partial charge in [0.1, 0.15) is 0 Å². The number of hydrogen-bond acceptors (Lipinski definition) is 4. The number of unbranched alkanes of at least 4 members (excludes halogenated alkanes) is 24. The highest BCUT2D eigenvalue weighted by atomic mass is 32.1. The van der Waals surface area contributed by atoms with Crippen LogP contribution >= 0.6 is 45.3 Å². The van der Waals surface area contributed by atoms with Gasteiger partial charge in [0.05, 0.1) is 0 Å². The molecule has 2 aliphatic carbocycles. The summed E-state index contributed by atoms with van der Waals surface area (Å²) < 4.78 is 0. The third-order valence-corrected chi connectivity index (χ3v) is 23.0. The topological polar surface area (TPSA) is 0 Å². The van der Waals surface area contributed by atoms with Crippen molar-refractivity contribution in [2.45, 2.75) is 312 Å². The van der Waals surface area contributed by atoms with Crippen LogP contribution in [0.25, 0.3) is 48.6 Å². The van der Waals surface area contributed by atoms with Crippen LogP contribution in [0.3, 0.4) is 0 Å². The second-order valence-electron chi connectivity index (χ2n) is 25.6. The highest BCUT2D eigenvalue weighted by Gasteiger charge is 2.22. The number of thiophene rings is 4. The van der Waals surface area contributed by atoms with Crippen LogP contribution in [0.1, 0.15) is 344 Å². The van der Waals surface area contributed by atoms with Crippen LogP contribution in [0.4, 0.5) is 0 Å². The zero-order valence-electron chi connectivity index (χ0n) is 57.2. The fourth-order valence-corrected chi connectivity index (χ4v) is 17.8. The molecule has 0 atom stereocenters. The van der Waals surface area contributed by atoms with Gasteiger partial charge >= 0.3 is 0 Å². The van der Waals surface area contributed by atoms with E-state index < -0.39 is 0 Å². The van der Waals surface area contributed by atoms with Crippen LogP contribution in [0.5, 0.6) is 0 Å². The van der Waals surface area contributed by atoms with Crippen molar-refractivity contribution < 1.29 is 0 Å². The van der Waals surface area contributed by atoms with Gasteiger partial charge in [-0.25, -0.2) is 0 Å². The van der Waals surface area contributed by atoms with E-state index in [1.54, 1.807) is 44.5 Å². The third kappa shape index (κ3) is 24.9. The maximum absolute atomic E-state index is 3.45. The summed E-state index contributed by atoms with van der Waals surface area (Å²) in [6.07, 6.45) is 88.8. The van der Waals surface area contributed by atoms with E-state index in [1.807, 2.05) is 12.2 Å². The first kappa shape index (κ1) is 73.1. The molecule has 0 saturated carbocycles. The minimum absolute atomic E-state index is 1.18. The average molecular weight is 1260 g/mol. The minimum Gasteiger partial charge on any atom is -0.136 e. The molecule has 0 radical (unpaired) electrons. The first-order valence-corrected chi connectivity index (χ1v) is 39.9. The molecule has 4 aromatic heterocycles. The number of rotatable bonds is 50. The Hall–Kier alpha value is -3.98. The minimum atomic E-state index is 1.18. The zero-order valence-corrected chi connectivity index (χ0v) is 60.4. The van der Waals surface area contributed by atoms with Gasteiger partial charge in [-0.3, -0.25) is 0 Å². The molecule has 6 rings (SSSR count). The predicted octanol–water partition coefficient (Wildman–Crippen LogP) is 28.8. The average Bonchev–Trinajstić information content (AvgIpc) is 3.26. The second-order valence-corrected chi connectivity index (χ2v) is 29.9. The molecule has 4 aromatic rings. The van der Waals surface area contributed by atoms with Gasteiger partial charge < -0.3 is 0 Å². The highest BCUT2D eigenvalue weighted by molar-refractivity contribution is 7.16. The van der Waals surface area contributed by atoms with Crippen molar-refractivity contribution in [3.63, 3.8) is 0 Å². The first-order chi connectivity index (χ1) is 43.4. The molecular formula is C84H120S4. The van der Waals surface area contributed by atoms with Gasteiger partial charge in [-0.1, -0.05) is 222 Å². The van der Waals surface area contributed by atoms with Crippen LogP contribution in [0, 0.1) is 0 Å². The summed E-state index contributed by atoms with van der Waals surface area (Å²) in [4.78, 5) is 12.0. The summed E-state index contributed by atoms with van der Waals surface area (Å²) in [5.74, 6) is 0. The molecule has 0 spiro atoms. The maximum atomic E-state index is 3.45. The largest absolute Gasteiger partial charge is 0.136 e. The Morgan fingerprint density at radius 1 is 0.227 bits per heavy atom. The van der Waals surface area contributed by atoms with E-state index in [2.05, 4.69) is 197 Å². The fourth-order valence-electron chi connectivity index (χ4n) is 12.9. The molecular weight excluding hydrogens is 1140 g/mol. The first-order valence-electron chi connectivity index (χ1n) is 36.7. The van der Waals surface area contributed by atoms with Crippen molar-refractivity contribution in [1.29, 1.82) is 0 Å².